The maximum Gasteiger partial charge on any atom is 0.149 e. The molecule has 0 aliphatic heterocycles. The second kappa shape index (κ2) is 10.8. The summed E-state index contributed by atoms with van der Waals surface area (Å²) in [6.45, 7) is 2.07. The molecule has 4 nitrogen and oxygen atoms in total. The van der Waals surface area contributed by atoms with Crippen molar-refractivity contribution in [2.45, 2.75) is 31.3 Å². The van der Waals surface area contributed by atoms with Crippen molar-refractivity contribution in [2.75, 3.05) is 12.0 Å². The third-order valence-electron chi connectivity index (χ3n) is 5.55. The highest BCUT2D eigenvalue weighted by Crippen LogP contribution is 2.28. The summed E-state index contributed by atoms with van der Waals surface area (Å²) in [6, 6.07) is 26.8. The summed E-state index contributed by atoms with van der Waals surface area (Å²) in [4.78, 5) is 0. The largest absolute Gasteiger partial charge is 0.306 e. The van der Waals surface area contributed by atoms with Crippen molar-refractivity contribution in [3.05, 3.63) is 106 Å². The first-order valence-electron chi connectivity index (χ1n) is 10.5. The summed E-state index contributed by atoms with van der Waals surface area (Å²) in [5.74, 6) is 0.0306. The standard InChI is InChI=1S/C26H27ClN2O2S/c1-19(29-26(18-32(2,30)31)22-8-4-3-5-9-22)25(16-20-11-13-24(27)14-12-20)23-10-6-7-21(15-23)17-28/h3-15,19,25-26,29H,16,18H2,1-2H3/t19?,25?,26-/m1/s1. The van der Waals surface area contributed by atoms with E-state index < -0.39 is 9.84 Å². The quantitative estimate of drug-likeness (QED) is 0.464. The Morgan fingerprint density at radius 1 is 0.969 bits per heavy atom. The lowest BCUT2D eigenvalue weighted by Crippen LogP contribution is -2.39. The maximum atomic E-state index is 12.2. The molecule has 2 unspecified atom stereocenters. The molecule has 0 bridgehead atoms. The predicted octanol–water partition coefficient (Wildman–Crippen LogP) is 5.30. The fourth-order valence-electron chi connectivity index (χ4n) is 3.96. The highest BCUT2D eigenvalue weighted by molar-refractivity contribution is 7.90. The summed E-state index contributed by atoms with van der Waals surface area (Å²) < 4.78 is 24.3. The number of rotatable bonds is 9. The van der Waals surface area contributed by atoms with Crippen molar-refractivity contribution in [2.24, 2.45) is 0 Å². The first kappa shape index (κ1) is 24.0. The number of benzene rings is 3. The molecule has 0 fully saturated rings. The minimum Gasteiger partial charge on any atom is -0.306 e. The van der Waals surface area contributed by atoms with Crippen LogP contribution in [-0.2, 0) is 16.3 Å². The summed E-state index contributed by atoms with van der Waals surface area (Å²) in [7, 11) is -3.20. The molecular weight excluding hydrogens is 440 g/mol. The van der Waals surface area contributed by atoms with Crippen LogP contribution in [0.2, 0.25) is 5.02 Å². The minimum atomic E-state index is -3.20. The Morgan fingerprint density at radius 3 is 2.25 bits per heavy atom. The molecule has 1 N–H and O–H groups in total. The second-order valence-corrected chi connectivity index (χ2v) is 10.8. The van der Waals surface area contributed by atoms with Gasteiger partial charge in [-0.3, -0.25) is 0 Å². The van der Waals surface area contributed by atoms with E-state index in [0.29, 0.717) is 10.6 Å². The van der Waals surface area contributed by atoms with Gasteiger partial charge in [0.15, 0.2) is 0 Å². The summed E-state index contributed by atoms with van der Waals surface area (Å²) in [6.07, 6.45) is 1.98. The van der Waals surface area contributed by atoms with Crippen LogP contribution in [0.25, 0.3) is 0 Å². The van der Waals surface area contributed by atoms with Crippen LogP contribution in [0.1, 0.15) is 41.1 Å². The smallest absolute Gasteiger partial charge is 0.149 e. The molecule has 0 heterocycles. The Bertz CT molecular complexity index is 1170. The van der Waals surface area contributed by atoms with Crippen molar-refractivity contribution in [3.8, 4) is 6.07 Å². The Morgan fingerprint density at radius 2 is 1.62 bits per heavy atom. The zero-order valence-corrected chi connectivity index (χ0v) is 19.8. The van der Waals surface area contributed by atoms with Crippen LogP contribution >= 0.6 is 11.6 Å². The first-order valence-corrected chi connectivity index (χ1v) is 12.9. The molecule has 0 saturated heterocycles. The maximum absolute atomic E-state index is 12.2. The van der Waals surface area contributed by atoms with E-state index in [4.69, 9.17) is 11.6 Å². The van der Waals surface area contributed by atoms with Gasteiger partial charge in [-0.05, 0) is 54.3 Å². The topological polar surface area (TPSA) is 70.0 Å². The number of nitriles is 1. The highest BCUT2D eigenvalue weighted by Gasteiger charge is 2.25. The van der Waals surface area contributed by atoms with Gasteiger partial charge in [-0.15, -0.1) is 0 Å². The number of nitrogens with zero attached hydrogens (tertiary/aromatic N) is 1. The molecule has 32 heavy (non-hydrogen) atoms. The van der Waals surface area contributed by atoms with E-state index in [2.05, 4.69) is 18.3 Å². The number of sulfone groups is 1. The molecule has 6 heteroatoms. The Balaban J connectivity index is 1.94. The monoisotopic (exact) mass is 466 g/mol. The van der Waals surface area contributed by atoms with Gasteiger partial charge in [0.1, 0.15) is 9.84 Å². The molecule has 3 rings (SSSR count). The van der Waals surface area contributed by atoms with Crippen LogP contribution in [0.5, 0.6) is 0 Å². The molecule has 0 spiro atoms. The third-order valence-corrected chi connectivity index (χ3v) is 6.74. The van der Waals surface area contributed by atoms with Crippen molar-refractivity contribution in [1.82, 2.24) is 5.32 Å². The molecule has 0 radical (unpaired) electrons. The lowest BCUT2D eigenvalue weighted by atomic mass is 9.85. The van der Waals surface area contributed by atoms with Crippen molar-refractivity contribution in [3.63, 3.8) is 0 Å². The summed E-state index contributed by atoms with van der Waals surface area (Å²) in [5, 5.41) is 13.6. The van der Waals surface area contributed by atoms with Gasteiger partial charge in [0.05, 0.1) is 17.4 Å². The van der Waals surface area contributed by atoms with E-state index in [-0.39, 0.29) is 23.8 Å². The van der Waals surface area contributed by atoms with Crippen LogP contribution in [-0.4, -0.2) is 26.5 Å². The van der Waals surface area contributed by atoms with E-state index in [1.165, 1.54) is 6.26 Å². The van der Waals surface area contributed by atoms with Crippen molar-refractivity contribution < 1.29 is 8.42 Å². The number of hydrogen-bond acceptors (Lipinski definition) is 4. The molecule has 166 valence electrons. The molecule has 0 amide bonds. The Hall–Kier alpha value is -2.65. The molecule has 0 aromatic heterocycles. The summed E-state index contributed by atoms with van der Waals surface area (Å²) in [5.41, 5.74) is 3.69. The van der Waals surface area contributed by atoms with Crippen LogP contribution in [0.15, 0.2) is 78.9 Å². The molecule has 0 aliphatic carbocycles. The zero-order chi connectivity index (χ0) is 23.1. The van der Waals surface area contributed by atoms with E-state index in [9.17, 15) is 13.7 Å². The third kappa shape index (κ3) is 6.93. The van der Waals surface area contributed by atoms with Gasteiger partial charge in [0.2, 0.25) is 0 Å². The van der Waals surface area contributed by atoms with Gasteiger partial charge in [-0.2, -0.15) is 5.26 Å². The van der Waals surface area contributed by atoms with Gasteiger partial charge >= 0.3 is 0 Å². The van der Waals surface area contributed by atoms with Crippen LogP contribution < -0.4 is 5.32 Å². The fraction of sp³-hybridized carbons (Fsp3) is 0.269. The summed E-state index contributed by atoms with van der Waals surface area (Å²) >= 11 is 6.06. The lowest BCUT2D eigenvalue weighted by molar-refractivity contribution is 0.413. The van der Waals surface area contributed by atoms with Crippen LogP contribution in [0.3, 0.4) is 0 Å². The first-order chi connectivity index (χ1) is 15.2. The molecule has 0 saturated carbocycles. The van der Waals surface area contributed by atoms with Crippen molar-refractivity contribution in [1.29, 1.82) is 5.26 Å². The molecule has 0 aliphatic rings. The molecular formula is C26H27ClN2O2S. The lowest BCUT2D eigenvalue weighted by Gasteiger charge is -2.30. The van der Waals surface area contributed by atoms with Gasteiger partial charge in [-0.25, -0.2) is 8.42 Å². The van der Waals surface area contributed by atoms with E-state index in [1.54, 1.807) is 6.07 Å². The average Bonchev–Trinajstić information content (AvgIpc) is 2.78. The number of nitrogens with one attached hydrogen (secondary N) is 1. The molecule has 3 atom stereocenters. The number of halogens is 1. The Kier molecular flexibility index (Phi) is 8.09. The van der Waals surface area contributed by atoms with E-state index >= 15 is 0 Å². The van der Waals surface area contributed by atoms with Crippen LogP contribution in [0, 0.1) is 11.3 Å². The minimum absolute atomic E-state index is 0.00720. The predicted molar refractivity (Wildman–Crippen MR) is 131 cm³/mol. The van der Waals surface area contributed by atoms with Gasteiger partial charge in [0, 0.05) is 29.3 Å². The van der Waals surface area contributed by atoms with E-state index in [0.717, 1.165) is 23.1 Å². The highest BCUT2D eigenvalue weighted by atomic mass is 35.5. The zero-order valence-electron chi connectivity index (χ0n) is 18.2. The molecule has 3 aromatic rings. The Labute approximate surface area is 195 Å². The van der Waals surface area contributed by atoms with Gasteiger partial charge in [-0.1, -0.05) is 66.2 Å². The fourth-order valence-corrected chi connectivity index (χ4v) is 4.98. The average molecular weight is 467 g/mol. The van der Waals surface area contributed by atoms with Crippen LogP contribution in [0.4, 0.5) is 0 Å². The van der Waals surface area contributed by atoms with Crippen molar-refractivity contribution >= 4 is 21.4 Å². The normalized spacial score (nSPS) is 14.3. The number of hydrogen-bond donors (Lipinski definition) is 1. The van der Waals surface area contributed by atoms with Gasteiger partial charge in [0.25, 0.3) is 0 Å². The van der Waals surface area contributed by atoms with Gasteiger partial charge < -0.3 is 5.32 Å². The molecule has 3 aromatic carbocycles. The van der Waals surface area contributed by atoms with E-state index in [1.807, 2.05) is 72.8 Å². The SMILES string of the molecule is CC(N[C@H](CS(C)(=O)=O)c1ccccc1)C(Cc1ccc(Cl)cc1)c1cccc(C#N)c1. The second-order valence-electron chi connectivity index (χ2n) is 8.19.